The fourth-order valence-electron chi connectivity index (χ4n) is 1.16. The fraction of sp³-hybridized carbons (Fsp3) is 0. The van der Waals surface area contributed by atoms with Gasteiger partial charge < -0.3 is 0 Å². The predicted molar refractivity (Wildman–Crippen MR) is 76.4 cm³/mol. The number of hydrogen-bond acceptors (Lipinski definition) is 5. The average molecular weight is 340 g/mol. The monoisotopic (exact) mass is 339 g/mol. The summed E-state index contributed by atoms with van der Waals surface area (Å²) in [6.07, 6.45) is 3.14. The van der Waals surface area contributed by atoms with Crippen LogP contribution in [0.15, 0.2) is 32.4 Å². The Morgan fingerprint density at radius 2 is 2.39 bits per heavy atom. The largest absolute Gasteiger partial charge is 0.297 e. The van der Waals surface area contributed by atoms with Gasteiger partial charge in [-0.25, -0.2) is 4.98 Å². The van der Waals surface area contributed by atoms with Crippen LogP contribution in [0.25, 0.3) is 6.08 Å². The van der Waals surface area contributed by atoms with Gasteiger partial charge in [0.2, 0.25) is 0 Å². The summed E-state index contributed by atoms with van der Waals surface area (Å²) in [7, 11) is 0. The second-order valence-corrected chi connectivity index (χ2v) is 6.33. The number of thiazole rings is 1. The zero-order valence-electron chi connectivity index (χ0n) is 8.88. The highest BCUT2D eigenvalue weighted by molar-refractivity contribution is 9.11. The number of rotatable bonds is 3. The van der Waals surface area contributed by atoms with Crippen LogP contribution >= 0.6 is 38.6 Å². The second kappa shape index (κ2) is 5.91. The summed E-state index contributed by atoms with van der Waals surface area (Å²) < 4.78 is 0.950. The van der Waals surface area contributed by atoms with Crippen LogP contribution in [0, 0.1) is 11.3 Å². The van der Waals surface area contributed by atoms with Gasteiger partial charge in [0.1, 0.15) is 11.6 Å². The van der Waals surface area contributed by atoms with E-state index in [1.165, 1.54) is 22.7 Å². The van der Waals surface area contributed by atoms with E-state index in [4.69, 9.17) is 5.26 Å². The van der Waals surface area contributed by atoms with Gasteiger partial charge in [-0.1, -0.05) is 0 Å². The molecule has 2 aromatic rings. The molecule has 0 atom stereocenters. The number of carbonyl (C=O) groups is 1. The number of anilines is 1. The second-order valence-electron chi connectivity index (χ2n) is 3.15. The van der Waals surface area contributed by atoms with Crippen molar-refractivity contribution in [3.05, 3.63) is 37.9 Å². The number of nitrogens with one attached hydrogen (secondary N) is 1. The maximum atomic E-state index is 11.8. The van der Waals surface area contributed by atoms with Crippen LogP contribution in [-0.4, -0.2) is 10.9 Å². The van der Waals surface area contributed by atoms with E-state index in [9.17, 15) is 4.79 Å². The van der Waals surface area contributed by atoms with Crippen molar-refractivity contribution in [3.63, 3.8) is 0 Å². The molecule has 0 bridgehead atoms. The van der Waals surface area contributed by atoms with Crippen LogP contribution in [0.1, 0.15) is 5.56 Å². The van der Waals surface area contributed by atoms with Gasteiger partial charge in [-0.05, 0) is 39.0 Å². The third-order valence-corrected chi connectivity index (χ3v) is 4.13. The van der Waals surface area contributed by atoms with Gasteiger partial charge in [0.25, 0.3) is 5.91 Å². The molecule has 2 heterocycles. The Bertz CT molecular complexity index is 625. The standard InChI is InChI=1S/C11H6BrN3OS2/c12-9-4-7(6-18-9)3-8(5-13)10(16)15-11-14-1-2-17-11/h1-4,6H,(H,14,15,16)/b8-3+. The number of hydrogen-bond donors (Lipinski definition) is 1. The summed E-state index contributed by atoms with van der Waals surface area (Å²) in [6.45, 7) is 0. The Labute approximate surface area is 120 Å². The van der Waals surface area contributed by atoms with Crippen molar-refractivity contribution in [1.29, 1.82) is 5.26 Å². The van der Waals surface area contributed by atoms with E-state index < -0.39 is 5.91 Å². The molecule has 2 rings (SSSR count). The number of thiophene rings is 1. The van der Waals surface area contributed by atoms with Gasteiger partial charge in [-0.15, -0.1) is 22.7 Å². The Kier molecular flexibility index (Phi) is 4.25. The highest BCUT2D eigenvalue weighted by Gasteiger charge is 2.10. The maximum Gasteiger partial charge on any atom is 0.268 e. The first-order chi connectivity index (χ1) is 8.69. The molecule has 0 saturated carbocycles. The van der Waals surface area contributed by atoms with Crippen LogP contribution in [0.5, 0.6) is 0 Å². The molecule has 90 valence electrons. The first-order valence-corrected chi connectivity index (χ1v) is 7.31. The van der Waals surface area contributed by atoms with E-state index in [0.717, 1.165) is 9.35 Å². The third kappa shape index (κ3) is 3.26. The Morgan fingerprint density at radius 1 is 1.56 bits per heavy atom. The van der Waals surface area contributed by atoms with E-state index in [1.54, 1.807) is 17.7 Å². The van der Waals surface area contributed by atoms with Crippen molar-refractivity contribution in [2.75, 3.05) is 5.32 Å². The van der Waals surface area contributed by atoms with Crippen molar-refractivity contribution in [2.45, 2.75) is 0 Å². The van der Waals surface area contributed by atoms with Gasteiger partial charge >= 0.3 is 0 Å². The smallest absolute Gasteiger partial charge is 0.268 e. The van der Waals surface area contributed by atoms with Crippen molar-refractivity contribution < 1.29 is 4.79 Å². The molecule has 4 nitrogen and oxygen atoms in total. The normalized spacial score (nSPS) is 11.0. The van der Waals surface area contributed by atoms with E-state index in [1.807, 2.05) is 17.5 Å². The van der Waals surface area contributed by atoms with Crippen molar-refractivity contribution >= 4 is 55.7 Å². The highest BCUT2D eigenvalue weighted by atomic mass is 79.9. The number of halogens is 1. The summed E-state index contributed by atoms with van der Waals surface area (Å²) in [4.78, 5) is 15.7. The molecule has 2 aromatic heterocycles. The van der Waals surface area contributed by atoms with E-state index in [0.29, 0.717) is 5.13 Å². The van der Waals surface area contributed by atoms with Gasteiger partial charge in [0.15, 0.2) is 5.13 Å². The number of aromatic nitrogens is 1. The molecular formula is C11H6BrN3OS2. The van der Waals surface area contributed by atoms with E-state index in [-0.39, 0.29) is 5.57 Å². The summed E-state index contributed by atoms with van der Waals surface area (Å²) in [5, 5.41) is 15.6. The number of nitriles is 1. The van der Waals surface area contributed by atoms with Crippen LogP contribution < -0.4 is 5.32 Å². The maximum absolute atomic E-state index is 11.8. The molecule has 0 unspecified atom stereocenters. The third-order valence-electron chi connectivity index (χ3n) is 1.92. The summed E-state index contributed by atoms with van der Waals surface area (Å²) >= 11 is 6.13. The van der Waals surface area contributed by atoms with Gasteiger partial charge in [-0.2, -0.15) is 5.26 Å². The molecule has 7 heteroatoms. The van der Waals surface area contributed by atoms with Crippen molar-refractivity contribution in [2.24, 2.45) is 0 Å². The Balaban J connectivity index is 2.16. The first kappa shape index (κ1) is 13.0. The topological polar surface area (TPSA) is 65.8 Å². The number of carbonyl (C=O) groups excluding carboxylic acids is 1. The lowest BCUT2D eigenvalue weighted by Crippen LogP contribution is -2.13. The fourth-order valence-corrected chi connectivity index (χ4v) is 2.82. The molecule has 1 N–H and O–H groups in total. The van der Waals surface area contributed by atoms with Crippen LogP contribution in [0.3, 0.4) is 0 Å². The minimum absolute atomic E-state index is 0.0514. The molecule has 0 fully saturated rings. The van der Waals surface area contributed by atoms with E-state index in [2.05, 4.69) is 26.2 Å². The zero-order chi connectivity index (χ0) is 13.0. The Morgan fingerprint density at radius 3 is 2.94 bits per heavy atom. The number of amides is 1. The van der Waals surface area contributed by atoms with Gasteiger partial charge in [-0.3, -0.25) is 10.1 Å². The van der Waals surface area contributed by atoms with Crippen molar-refractivity contribution in [1.82, 2.24) is 4.98 Å². The minimum atomic E-state index is -0.449. The van der Waals surface area contributed by atoms with Crippen LogP contribution in [0.2, 0.25) is 0 Å². The van der Waals surface area contributed by atoms with Crippen LogP contribution in [-0.2, 0) is 4.79 Å². The molecule has 0 aliphatic heterocycles. The molecule has 0 aromatic carbocycles. The van der Waals surface area contributed by atoms with E-state index >= 15 is 0 Å². The molecule has 0 radical (unpaired) electrons. The molecule has 1 amide bonds. The molecule has 18 heavy (non-hydrogen) atoms. The number of nitrogens with zero attached hydrogens (tertiary/aromatic N) is 2. The highest BCUT2D eigenvalue weighted by Crippen LogP contribution is 2.22. The van der Waals surface area contributed by atoms with Crippen LogP contribution in [0.4, 0.5) is 5.13 Å². The quantitative estimate of drug-likeness (QED) is 0.687. The summed E-state index contributed by atoms with van der Waals surface area (Å²) in [5.74, 6) is -0.449. The zero-order valence-corrected chi connectivity index (χ0v) is 12.1. The lowest BCUT2D eigenvalue weighted by molar-refractivity contribution is -0.112. The molecule has 0 aliphatic rings. The Hall–Kier alpha value is -1.49. The minimum Gasteiger partial charge on any atom is -0.297 e. The van der Waals surface area contributed by atoms with Gasteiger partial charge in [0.05, 0.1) is 3.79 Å². The first-order valence-electron chi connectivity index (χ1n) is 4.75. The lowest BCUT2D eigenvalue weighted by atomic mass is 10.2. The molecule has 0 spiro atoms. The summed E-state index contributed by atoms with van der Waals surface area (Å²) in [5.41, 5.74) is 0.869. The lowest BCUT2D eigenvalue weighted by Gasteiger charge is -1.98. The molecule has 0 saturated heterocycles. The van der Waals surface area contributed by atoms with Gasteiger partial charge in [0, 0.05) is 11.6 Å². The SMILES string of the molecule is N#C/C(=C\c1csc(Br)c1)C(=O)Nc1nccs1. The molecule has 0 aliphatic carbocycles. The molecular weight excluding hydrogens is 334 g/mol. The average Bonchev–Trinajstić information content (AvgIpc) is 2.97. The van der Waals surface area contributed by atoms with Crippen molar-refractivity contribution in [3.8, 4) is 6.07 Å². The summed E-state index contributed by atoms with van der Waals surface area (Å²) in [6, 6.07) is 3.73. The predicted octanol–water partition coefficient (Wildman–Crippen LogP) is 3.51.